The molecule has 2 fully saturated rings. The Kier molecular flexibility index (Phi) is 7.80. The molecule has 2 aliphatic rings. The van der Waals surface area contributed by atoms with Crippen LogP contribution in [0.4, 0.5) is 5.69 Å². The van der Waals surface area contributed by atoms with Gasteiger partial charge in [-0.3, -0.25) is 9.59 Å². The molecule has 2 aromatic heterocycles. The van der Waals surface area contributed by atoms with Gasteiger partial charge in [-0.2, -0.15) is 0 Å². The Balaban J connectivity index is 1.42. The molecule has 0 spiro atoms. The third-order valence-electron chi connectivity index (χ3n) is 7.99. The summed E-state index contributed by atoms with van der Waals surface area (Å²) in [5.41, 5.74) is 3.78. The minimum absolute atomic E-state index is 0.0133. The van der Waals surface area contributed by atoms with Gasteiger partial charge in [0, 0.05) is 75.9 Å². The van der Waals surface area contributed by atoms with Crippen LogP contribution in [0.3, 0.4) is 0 Å². The van der Waals surface area contributed by atoms with Crippen LogP contribution in [0.25, 0.3) is 31.3 Å². The summed E-state index contributed by atoms with van der Waals surface area (Å²) < 4.78 is 4.38. The van der Waals surface area contributed by atoms with Crippen molar-refractivity contribution in [3.05, 3.63) is 72.1 Å². The summed E-state index contributed by atoms with van der Waals surface area (Å²) in [4.78, 5) is 31.7. The Morgan fingerprint density at radius 3 is 2.70 bits per heavy atom. The maximum Gasteiger partial charge on any atom is 0.228 e. The summed E-state index contributed by atoms with van der Waals surface area (Å²) in [5.74, 6) is 0.817. The second-order valence-electron chi connectivity index (χ2n) is 10.7. The standard InChI is InChI=1S/C32H35N5O2S/c1-36-16-7-11-26(31(36)35-29(14-19-38)37-17-3-2-4-18-37)24-9-5-10-25-27-20-23(12-13-28(27)40-30(24)25)34-32(39)22-8-6-15-33-21-22/h5,7,9-14,16,19-20,22,33H,2-4,6,8,15,17-18,21H2,1H3,(H,34,39)/b29-14+,35-31-. The van der Waals surface area contributed by atoms with Crippen LogP contribution in [-0.4, -0.2) is 47.8 Å². The lowest BCUT2D eigenvalue weighted by molar-refractivity contribution is -0.120. The van der Waals surface area contributed by atoms with Gasteiger partial charge < -0.3 is 20.1 Å². The zero-order valence-corrected chi connectivity index (χ0v) is 23.7. The van der Waals surface area contributed by atoms with Crippen LogP contribution in [0.1, 0.15) is 32.1 Å². The van der Waals surface area contributed by atoms with Gasteiger partial charge in [-0.15, -0.1) is 11.3 Å². The van der Waals surface area contributed by atoms with E-state index in [0.717, 1.165) is 97.0 Å². The van der Waals surface area contributed by atoms with E-state index in [2.05, 4.69) is 51.9 Å². The number of hydrogen-bond donors (Lipinski definition) is 2. The molecular weight excluding hydrogens is 518 g/mol. The molecule has 2 N–H and O–H groups in total. The van der Waals surface area contributed by atoms with E-state index in [9.17, 15) is 9.59 Å². The van der Waals surface area contributed by atoms with E-state index < -0.39 is 0 Å². The molecule has 206 valence electrons. The van der Waals surface area contributed by atoms with Crippen LogP contribution in [0.5, 0.6) is 0 Å². The summed E-state index contributed by atoms with van der Waals surface area (Å²) >= 11 is 1.76. The molecule has 8 heteroatoms. The summed E-state index contributed by atoms with van der Waals surface area (Å²) in [6.07, 6.45) is 9.82. The average Bonchev–Trinajstić information content (AvgIpc) is 3.37. The number of rotatable bonds is 6. The van der Waals surface area contributed by atoms with Crippen LogP contribution < -0.4 is 16.1 Å². The predicted molar refractivity (Wildman–Crippen MR) is 163 cm³/mol. The molecule has 2 saturated heterocycles. The van der Waals surface area contributed by atoms with Crippen LogP contribution in [0.2, 0.25) is 0 Å². The van der Waals surface area contributed by atoms with Crippen LogP contribution >= 0.6 is 11.3 Å². The molecule has 4 aromatic rings. The maximum absolute atomic E-state index is 12.9. The number of hydrogen-bond acceptors (Lipinski definition) is 6. The molecule has 7 nitrogen and oxygen atoms in total. The second kappa shape index (κ2) is 11.8. The van der Waals surface area contributed by atoms with E-state index in [1.807, 2.05) is 29.9 Å². The number of piperidine rings is 2. The lowest BCUT2D eigenvalue weighted by Crippen LogP contribution is -2.37. The number of carbonyl (C=O) groups excluding carboxylic acids is 2. The molecule has 2 aliphatic heterocycles. The SMILES string of the molecule is Cn1cccc(-c2cccc3c2sc2ccc(NC(=O)C4CCCNC4)cc23)/c1=N/C(=C\C=O)N1CCCCC1. The lowest BCUT2D eigenvalue weighted by Gasteiger charge is -2.28. The smallest absolute Gasteiger partial charge is 0.228 e. The second-order valence-corrected chi connectivity index (χ2v) is 11.8. The molecule has 1 unspecified atom stereocenters. The summed E-state index contributed by atoms with van der Waals surface area (Å²) in [6.45, 7) is 3.55. The van der Waals surface area contributed by atoms with Gasteiger partial charge >= 0.3 is 0 Å². The number of thiophene rings is 1. The number of aldehydes is 1. The molecular formula is C32H35N5O2S. The first-order valence-corrected chi connectivity index (χ1v) is 15.0. The van der Waals surface area contributed by atoms with Crippen molar-refractivity contribution >= 4 is 49.4 Å². The van der Waals surface area contributed by atoms with Gasteiger partial charge in [-0.1, -0.05) is 18.2 Å². The molecule has 1 atom stereocenters. The summed E-state index contributed by atoms with van der Waals surface area (Å²) in [6, 6.07) is 16.7. The van der Waals surface area contributed by atoms with Crippen molar-refractivity contribution in [2.24, 2.45) is 18.0 Å². The number of allylic oxidation sites excluding steroid dienone is 1. The first kappa shape index (κ1) is 26.5. The summed E-state index contributed by atoms with van der Waals surface area (Å²) in [7, 11) is 2.00. The number of likely N-dealkylation sites (tertiary alicyclic amines) is 1. The van der Waals surface area contributed by atoms with Crippen molar-refractivity contribution in [2.75, 3.05) is 31.5 Å². The van der Waals surface area contributed by atoms with E-state index >= 15 is 0 Å². The number of anilines is 1. The third-order valence-corrected chi connectivity index (χ3v) is 9.21. The van der Waals surface area contributed by atoms with Crippen molar-refractivity contribution in [1.29, 1.82) is 0 Å². The molecule has 4 heterocycles. The number of carbonyl (C=O) groups is 2. The van der Waals surface area contributed by atoms with Gasteiger partial charge in [0.05, 0.1) is 5.92 Å². The van der Waals surface area contributed by atoms with Crippen LogP contribution in [0.15, 0.2) is 71.6 Å². The van der Waals surface area contributed by atoms with Crippen molar-refractivity contribution in [3.63, 3.8) is 0 Å². The van der Waals surface area contributed by atoms with Crippen LogP contribution in [0, 0.1) is 5.92 Å². The molecule has 40 heavy (non-hydrogen) atoms. The predicted octanol–water partition coefficient (Wildman–Crippen LogP) is 5.43. The van der Waals surface area contributed by atoms with Gasteiger partial charge in [-0.05, 0) is 69.0 Å². The highest BCUT2D eigenvalue weighted by atomic mass is 32.1. The quantitative estimate of drug-likeness (QED) is 0.247. The number of pyridine rings is 1. The molecule has 6 rings (SSSR count). The van der Waals surface area contributed by atoms with Crippen molar-refractivity contribution < 1.29 is 9.59 Å². The minimum atomic E-state index is 0.0133. The van der Waals surface area contributed by atoms with Crippen LogP contribution in [-0.2, 0) is 16.6 Å². The Labute approximate surface area is 238 Å². The Bertz CT molecular complexity index is 1660. The zero-order valence-electron chi connectivity index (χ0n) is 22.9. The minimum Gasteiger partial charge on any atom is -0.356 e. The van der Waals surface area contributed by atoms with E-state index in [-0.39, 0.29) is 11.8 Å². The highest BCUT2D eigenvalue weighted by Gasteiger charge is 2.21. The fraction of sp³-hybridized carbons (Fsp3) is 0.344. The largest absolute Gasteiger partial charge is 0.356 e. The Morgan fingerprint density at radius 1 is 1.05 bits per heavy atom. The maximum atomic E-state index is 12.9. The van der Waals surface area contributed by atoms with Crippen molar-refractivity contribution in [3.8, 4) is 11.1 Å². The number of amides is 1. The van der Waals surface area contributed by atoms with E-state index in [1.54, 1.807) is 17.4 Å². The van der Waals surface area contributed by atoms with Gasteiger partial charge in [0.15, 0.2) is 0 Å². The first-order chi connectivity index (χ1) is 19.6. The molecule has 1 amide bonds. The van der Waals surface area contributed by atoms with Gasteiger partial charge in [0.25, 0.3) is 0 Å². The average molecular weight is 554 g/mol. The topological polar surface area (TPSA) is 78.7 Å². The molecule has 0 radical (unpaired) electrons. The number of aryl methyl sites for hydroxylation is 1. The van der Waals surface area contributed by atoms with Gasteiger partial charge in [-0.25, -0.2) is 4.99 Å². The molecule has 0 aliphatic carbocycles. The summed E-state index contributed by atoms with van der Waals surface area (Å²) in [5, 5.41) is 8.77. The van der Waals surface area contributed by atoms with Crippen molar-refractivity contribution in [1.82, 2.24) is 14.8 Å². The fourth-order valence-electron chi connectivity index (χ4n) is 5.87. The third kappa shape index (κ3) is 5.33. The first-order valence-electron chi connectivity index (χ1n) is 14.2. The molecule has 2 aromatic carbocycles. The monoisotopic (exact) mass is 553 g/mol. The number of nitrogens with zero attached hydrogens (tertiary/aromatic N) is 3. The van der Waals surface area contributed by atoms with E-state index in [1.165, 1.54) is 15.8 Å². The van der Waals surface area contributed by atoms with E-state index in [0.29, 0.717) is 0 Å². The Hall–Kier alpha value is -3.75. The van der Waals surface area contributed by atoms with Crippen molar-refractivity contribution in [2.45, 2.75) is 32.1 Å². The fourth-order valence-corrected chi connectivity index (χ4v) is 7.08. The molecule has 0 saturated carbocycles. The lowest BCUT2D eigenvalue weighted by atomic mass is 9.98. The number of nitrogens with one attached hydrogen (secondary N) is 2. The highest BCUT2D eigenvalue weighted by Crippen LogP contribution is 2.40. The highest BCUT2D eigenvalue weighted by molar-refractivity contribution is 7.26. The number of benzene rings is 2. The Morgan fingerprint density at radius 2 is 1.90 bits per heavy atom. The normalized spacial score (nSPS) is 18.8. The number of aromatic nitrogens is 1. The zero-order chi connectivity index (χ0) is 27.5. The van der Waals surface area contributed by atoms with Gasteiger partial charge in [0.1, 0.15) is 17.6 Å². The molecule has 0 bridgehead atoms. The van der Waals surface area contributed by atoms with E-state index in [4.69, 9.17) is 4.99 Å². The van der Waals surface area contributed by atoms with Gasteiger partial charge in [0.2, 0.25) is 5.91 Å². The number of fused-ring (bicyclic) bond motifs is 3.